The van der Waals surface area contributed by atoms with Crippen molar-refractivity contribution >= 4 is 38.9 Å². The maximum absolute atomic E-state index is 5.26. The number of nitrogens with zero attached hydrogens (tertiary/aromatic N) is 3. The van der Waals surface area contributed by atoms with Crippen LogP contribution < -0.4 is 0 Å². The van der Waals surface area contributed by atoms with Gasteiger partial charge in [-0.05, 0) is 110 Å². The van der Waals surface area contributed by atoms with Gasteiger partial charge in [-0.25, -0.2) is 4.98 Å². The second-order valence-electron chi connectivity index (χ2n) is 17.1. The number of imidazole rings is 1. The smallest absolute Gasteiger partial charge is 0.145 e. The molecule has 2 aromatic heterocycles. The summed E-state index contributed by atoms with van der Waals surface area (Å²) in [5, 5.41) is 2.57. The van der Waals surface area contributed by atoms with Gasteiger partial charge in [0.1, 0.15) is 5.82 Å². The van der Waals surface area contributed by atoms with Crippen LogP contribution in [-0.2, 0) is 11.8 Å². The molecule has 1 unspecified atom stereocenters. The van der Waals surface area contributed by atoms with Crippen molar-refractivity contribution in [3.05, 3.63) is 215 Å². The molecule has 4 aliphatic carbocycles. The second kappa shape index (κ2) is 11.9. The lowest BCUT2D eigenvalue weighted by Gasteiger charge is -2.34. The third kappa shape index (κ3) is 4.50. The van der Waals surface area contributed by atoms with Crippen LogP contribution in [0.15, 0.2) is 187 Å². The third-order valence-corrected chi connectivity index (χ3v) is 13.7. The summed E-state index contributed by atoms with van der Waals surface area (Å²) in [6.07, 6.45) is 14.7. The summed E-state index contributed by atoms with van der Waals surface area (Å²) in [6, 6.07) is 53.8. The van der Waals surface area contributed by atoms with Gasteiger partial charge in [0.15, 0.2) is 0 Å². The van der Waals surface area contributed by atoms with Crippen LogP contribution in [0.5, 0.6) is 0 Å². The van der Waals surface area contributed by atoms with Gasteiger partial charge in [0.05, 0.1) is 22.1 Å². The largest absolute Gasteiger partial charge is 0.309 e. The number of hydrogen-bond acceptors (Lipinski definition) is 1. The molecule has 59 heavy (non-hydrogen) atoms. The Morgan fingerprint density at radius 2 is 1.31 bits per heavy atom. The zero-order valence-corrected chi connectivity index (χ0v) is 32.9. The maximum Gasteiger partial charge on any atom is 0.145 e. The summed E-state index contributed by atoms with van der Waals surface area (Å²) in [4.78, 5) is 5.26. The Labute approximate surface area is 343 Å². The van der Waals surface area contributed by atoms with Gasteiger partial charge in [-0.15, -0.1) is 0 Å². The van der Waals surface area contributed by atoms with Gasteiger partial charge in [-0.1, -0.05) is 153 Å². The lowest BCUT2D eigenvalue weighted by atomic mass is 9.70. The SMILES string of the molecule is CC1(C)c2ccccc2-c2ccc3c4ccccc4n(-c4ccc(-n5c(-c6ccc(-c7ccc8c9c7CC=C7C=CC=C(C=C8)C79)cc6)nc6ccccc65)cc4)c3c21. The first kappa shape index (κ1) is 32.8. The van der Waals surface area contributed by atoms with Gasteiger partial charge in [-0.2, -0.15) is 0 Å². The summed E-state index contributed by atoms with van der Waals surface area (Å²) < 4.78 is 4.82. The highest BCUT2D eigenvalue weighted by molar-refractivity contribution is 6.13. The van der Waals surface area contributed by atoms with Gasteiger partial charge in [0.2, 0.25) is 0 Å². The zero-order valence-electron chi connectivity index (χ0n) is 32.9. The van der Waals surface area contributed by atoms with E-state index in [2.05, 4.69) is 205 Å². The van der Waals surface area contributed by atoms with E-state index in [4.69, 9.17) is 4.98 Å². The molecule has 3 heteroatoms. The molecule has 0 saturated carbocycles. The number of allylic oxidation sites excluding steroid dienone is 7. The Morgan fingerprint density at radius 3 is 2.17 bits per heavy atom. The molecule has 0 amide bonds. The van der Waals surface area contributed by atoms with E-state index in [1.807, 2.05) is 0 Å². The normalized spacial score (nSPS) is 16.6. The molecule has 0 bridgehead atoms. The molecular formula is C56H39N3. The van der Waals surface area contributed by atoms with E-state index in [0.717, 1.165) is 40.2 Å². The third-order valence-electron chi connectivity index (χ3n) is 13.7. The fraction of sp³-hybridized carbons (Fsp3) is 0.0893. The lowest BCUT2D eigenvalue weighted by Crippen LogP contribution is -2.18. The fourth-order valence-corrected chi connectivity index (χ4v) is 11.0. The number of aromatic nitrogens is 3. The molecule has 3 nitrogen and oxygen atoms in total. The summed E-state index contributed by atoms with van der Waals surface area (Å²) in [5.41, 5.74) is 22.9. The molecule has 0 radical (unpaired) electrons. The second-order valence-corrected chi connectivity index (χ2v) is 17.1. The van der Waals surface area contributed by atoms with Crippen LogP contribution >= 0.6 is 0 Å². The van der Waals surface area contributed by atoms with Crippen molar-refractivity contribution in [3.63, 3.8) is 0 Å². The molecule has 4 aliphatic rings. The van der Waals surface area contributed by atoms with Gasteiger partial charge < -0.3 is 4.57 Å². The average Bonchev–Trinajstić information content (AvgIpc) is 3.91. The molecular weight excluding hydrogens is 715 g/mol. The van der Waals surface area contributed by atoms with Crippen LogP contribution in [0.3, 0.4) is 0 Å². The van der Waals surface area contributed by atoms with Crippen LogP contribution in [0.2, 0.25) is 0 Å². The summed E-state index contributed by atoms with van der Waals surface area (Å²) >= 11 is 0. The monoisotopic (exact) mass is 753 g/mol. The van der Waals surface area contributed by atoms with Crippen LogP contribution in [-0.4, -0.2) is 14.1 Å². The highest BCUT2D eigenvalue weighted by Crippen LogP contribution is 2.53. The minimum Gasteiger partial charge on any atom is -0.309 e. The molecule has 0 fully saturated rings. The fourth-order valence-electron chi connectivity index (χ4n) is 11.0. The zero-order chi connectivity index (χ0) is 39.0. The van der Waals surface area contributed by atoms with Crippen molar-refractivity contribution in [2.45, 2.75) is 31.6 Å². The van der Waals surface area contributed by atoms with Crippen molar-refractivity contribution < 1.29 is 0 Å². The van der Waals surface area contributed by atoms with E-state index in [1.165, 1.54) is 83.0 Å². The minimum atomic E-state index is -0.138. The Morgan fingerprint density at radius 1 is 0.576 bits per heavy atom. The number of fused-ring (bicyclic) bond motifs is 8. The molecule has 0 spiro atoms. The van der Waals surface area contributed by atoms with Crippen molar-refractivity contribution in [1.29, 1.82) is 0 Å². The van der Waals surface area contributed by atoms with Crippen molar-refractivity contribution in [2.24, 2.45) is 0 Å². The minimum absolute atomic E-state index is 0.138. The summed E-state index contributed by atoms with van der Waals surface area (Å²) in [6.45, 7) is 4.77. The molecule has 2 heterocycles. The van der Waals surface area contributed by atoms with Crippen molar-refractivity contribution in [2.75, 3.05) is 0 Å². The average molecular weight is 754 g/mol. The molecule has 9 aromatic rings. The molecule has 0 saturated heterocycles. The number of para-hydroxylation sites is 3. The molecule has 7 aromatic carbocycles. The van der Waals surface area contributed by atoms with Crippen LogP contribution in [0.1, 0.15) is 47.6 Å². The number of hydrogen-bond donors (Lipinski definition) is 0. The first-order valence-corrected chi connectivity index (χ1v) is 20.8. The maximum atomic E-state index is 5.26. The Kier molecular flexibility index (Phi) is 6.62. The van der Waals surface area contributed by atoms with Gasteiger partial charge >= 0.3 is 0 Å². The van der Waals surface area contributed by atoms with E-state index >= 15 is 0 Å². The molecule has 1 atom stereocenters. The first-order valence-electron chi connectivity index (χ1n) is 20.8. The van der Waals surface area contributed by atoms with Crippen LogP contribution in [0.4, 0.5) is 0 Å². The van der Waals surface area contributed by atoms with E-state index in [-0.39, 0.29) is 5.41 Å². The standard InChI is InChI=1S/C56H39N3/c1-56(2)47-14-5-3-12-42(47)45-32-33-46-43-13-4-7-16-49(43)58(54(46)53(45)56)39-26-28-40(29-27-39)59-50-17-8-6-15-48(50)57-55(59)38-22-18-34(19-23-38)41-30-24-37-21-20-35-10-9-11-36-25-31-44(41)52(37)51(35)36/h3-30,32-33,51H,31H2,1-2H3. The van der Waals surface area contributed by atoms with E-state index < -0.39 is 0 Å². The van der Waals surface area contributed by atoms with Crippen molar-refractivity contribution in [1.82, 2.24) is 14.1 Å². The highest BCUT2D eigenvalue weighted by Gasteiger charge is 2.38. The topological polar surface area (TPSA) is 22.8 Å². The van der Waals surface area contributed by atoms with Gasteiger partial charge in [0.25, 0.3) is 0 Å². The molecule has 278 valence electrons. The Hall–Kier alpha value is -7.23. The van der Waals surface area contributed by atoms with Crippen LogP contribution in [0, 0.1) is 0 Å². The van der Waals surface area contributed by atoms with Gasteiger partial charge in [-0.3, -0.25) is 4.57 Å². The van der Waals surface area contributed by atoms with E-state index in [0.29, 0.717) is 5.92 Å². The number of benzene rings is 7. The highest BCUT2D eigenvalue weighted by atomic mass is 15.1. The quantitative estimate of drug-likeness (QED) is 0.175. The Bertz CT molecular complexity index is 3410. The number of rotatable bonds is 4. The predicted octanol–water partition coefficient (Wildman–Crippen LogP) is 13.9. The van der Waals surface area contributed by atoms with Crippen LogP contribution in [0.25, 0.3) is 83.9 Å². The Balaban J connectivity index is 0.926. The molecule has 13 rings (SSSR count). The first-order chi connectivity index (χ1) is 29.0. The molecule has 0 aliphatic heterocycles. The molecule has 0 N–H and O–H groups in total. The van der Waals surface area contributed by atoms with E-state index in [9.17, 15) is 0 Å². The van der Waals surface area contributed by atoms with Crippen molar-refractivity contribution in [3.8, 4) is 45.0 Å². The predicted molar refractivity (Wildman–Crippen MR) is 245 cm³/mol. The van der Waals surface area contributed by atoms with E-state index in [1.54, 1.807) is 0 Å². The summed E-state index contributed by atoms with van der Waals surface area (Å²) in [7, 11) is 0. The summed E-state index contributed by atoms with van der Waals surface area (Å²) in [5.74, 6) is 1.28. The lowest BCUT2D eigenvalue weighted by molar-refractivity contribution is 0.664. The van der Waals surface area contributed by atoms with Gasteiger partial charge in [0, 0.05) is 39.0 Å².